The van der Waals surface area contributed by atoms with Gasteiger partial charge in [-0.15, -0.1) is 0 Å². The highest BCUT2D eigenvalue weighted by Crippen LogP contribution is 2.27. The van der Waals surface area contributed by atoms with Crippen molar-refractivity contribution in [3.05, 3.63) is 53.6 Å². The van der Waals surface area contributed by atoms with E-state index in [0.717, 1.165) is 18.4 Å². The number of carbonyl (C=O) groups is 1. The van der Waals surface area contributed by atoms with Gasteiger partial charge in [0.15, 0.2) is 11.5 Å². The fourth-order valence-electron chi connectivity index (χ4n) is 2.75. The molecular formula is C20H24N2O5S. The molecule has 0 bridgehead atoms. The second-order valence-electron chi connectivity index (χ2n) is 6.62. The van der Waals surface area contributed by atoms with E-state index in [1.54, 1.807) is 26.4 Å². The normalized spacial score (nSPS) is 13.8. The van der Waals surface area contributed by atoms with Gasteiger partial charge in [0, 0.05) is 18.2 Å². The quantitative estimate of drug-likeness (QED) is 0.668. The second kappa shape index (κ2) is 8.62. The molecule has 1 amide bonds. The van der Waals surface area contributed by atoms with Crippen LogP contribution in [-0.4, -0.2) is 41.1 Å². The summed E-state index contributed by atoms with van der Waals surface area (Å²) < 4.78 is 37.7. The molecule has 0 saturated heterocycles. The number of ether oxygens (including phenoxy) is 2. The number of amides is 1. The lowest BCUT2D eigenvalue weighted by atomic mass is 10.1. The Morgan fingerprint density at radius 2 is 1.82 bits per heavy atom. The zero-order valence-corrected chi connectivity index (χ0v) is 16.7. The molecule has 0 spiro atoms. The summed E-state index contributed by atoms with van der Waals surface area (Å²) >= 11 is 0. The van der Waals surface area contributed by atoms with E-state index in [4.69, 9.17) is 9.47 Å². The maximum Gasteiger partial charge on any atom is 0.251 e. The number of nitrogens with one attached hydrogen (secondary N) is 2. The first-order chi connectivity index (χ1) is 13.4. The highest BCUT2D eigenvalue weighted by atomic mass is 32.2. The number of sulfonamides is 1. The minimum atomic E-state index is -3.59. The molecule has 3 rings (SSSR count). The van der Waals surface area contributed by atoms with Crippen LogP contribution in [0.25, 0.3) is 0 Å². The van der Waals surface area contributed by atoms with E-state index in [-0.39, 0.29) is 16.8 Å². The maximum absolute atomic E-state index is 12.4. The van der Waals surface area contributed by atoms with E-state index >= 15 is 0 Å². The van der Waals surface area contributed by atoms with E-state index in [2.05, 4.69) is 10.0 Å². The molecule has 0 aliphatic heterocycles. The van der Waals surface area contributed by atoms with Gasteiger partial charge < -0.3 is 14.8 Å². The lowest BCUT2D eigenvalue weighted by Crippen LogP contribution is -2.28. The average molecular weight is 404 g/mol. The highest BCUT2D eigenvalue weighted by molar-refractivity contribution is 7.89. The number of benzene rings is 2. The van der Waals surface area contributed by atoms with E-state index in [1.807, 2.05) is 18.2 Å². The van der Waals surface area contributed by atoms with Crippen LogP contribution in [0.4, 0.5) is 0 Å². The van der Waals surface area contributed by atoms with Gasteiger partial charge in [0.1, 0.15) is 0 Å². The van der Waals surface area contributed by atoms with Gasteiger partial charge in [0.05, 0.1) is 19.1 Å². The van der Waals surface area contributed by atoms with Crippen LogP contribution in [0.2, 0.25) is 0 Å². The lowest BCUT2D eigenvalue weighted by molar-refractivity contribution is 0.0954. The number of carbonyl (C=O) groups excluding carboxylic acids is 1. The molecule has 1 saturated carbocycles. The topological polar surface area (TPSA) is 93.7 Å². The molecule has 0 aromatic heterocycles. The summed E-state index contributed by atoms with van der Waals surface area (Å²) in [4.78, 5) is 12.5. The van der Waals surface area contributed by atoms with Gasteiger partial charge in [-0.05, 0) is 55.2 Å². The highest BCUT2D eigenvalue weighted by Gasteiger charge is 2.28. The number of methoxy groups -OCH3 is 2. The van der Waals surface area contributed by atoms with Crippen molar-refractivity contribution in [3.63, 3.8) is 0 Å². The third-order valence-corrected chi connectivity index (χ3v) is 5.97. The molecule has 2 aromatic rings. The van der Waals surface area contributed by atoms with E-state index in [1.165, 1.54) is 12.1 Å². The molecule has 150 valence electrons. The van der Waals surface area contributed by atoms with Crippen molar-refractivity contribution < 1.29 is 22.7 Å². The zero-order chi connectivity index (χ0) is 20.1. The van der Waals surface area contributed by atoms with Crippen LogP contribution in [-0.2, 0) is 16.4 Å². The predicted molar refractivity (Wildman–Crippen MR) is 105 cm³/mol. The van der Waals surface area contributed by atoms with Crippen LogP contribution in [0.5, 0.6) is 11.5 Å². The summed E-state index contributed by atoms with van der Waals surface area (Å²) in [6.45, 7) is 0.408. The molecular weight excluding hydrogens is 380 g/mol. The Morgan fingerprint density at radius 3 is 2.50 bits per heavy atom. The molecule has 1 aliphatic rings. The molecule has 0 radical (unpaired) electrons. The molecule has 0 unspecified atom stereocenters. The summed E-state index contributed by atoms with van der Waals surface area (Å²) in [6, 6.07) is 11.7. The molecule has 7 nitrogen and oxygen atoms in total. The second-order valence-corrected chi connectivity index (χ2v) is 8.33. The van der Waals surface area contributed by atoms with E-state index in [0.29, 0.717) is 30.0 Å². The van der Waals surface area contributed by atoms with Crippen LogP contribution < -0.4 is 19.5 Å². The van der Waals surface area contributed by atoms with Crippen molar-refractivity contribution in [2.24, 2.45) is 0 Å². The smallest absolute Gasteiger partial charge is 0.251 e. The van der Waals surface area contributed by atoms with Crippen LogP contribution in [0.1, 0.15) is 28.8 Å². The van der Waals surface area contributed by atoms with Gasteiger partial charge in [-0.1, -0.05) is 12.1 Å². The molecule has 8 heteroatoms. The summed E-state index contributed by atoms with van der Waals surface area (Å²) in [7, 11) is -0.439. The fourth-order valence-corrected chi connectivity index (χ4v) is 4.10. The number of hydrogen-bond donors (Lipinski definition) is 2. The van der Waals surface area contributed by atoms with Crippen LogP contribution in [0.3, 0.4) is 0 Å². The van der Waals surface area contributed by atoms with Crippen molar-refractivity contribution in [3.8, 4) is 11.5 Å². The molecule has 0 heterocycles. The summed E-state index contributed by atoms with van der Waals surface area (Å²) in [6.07, 6.45) is 2.32. The van der Waals surface area contributed by atoms with Crippen molar-refractivity contribution in [2.45, 2.75) is 30.2 Å². The Hall–Kier alpha value is -2.58. The maximum atomic E-state index is 12.4. The summed E-state index contributed by atoms with van der Waals surface area (Å²) in [5.74, 6) is 0.962. The predicted octanol–water partition coefficient (Wildman–Crippen LogP) is 2.12. The van der Waals surface area contributed by atoms with E-state index < -0.39 is 10.0 Å². The van der Waals surface area contributed by atoms with Crippen molar-refractivity contribution in [1.82, 2.24) is 10.0 Å². The van der Waals surface area contributed by atoms with Crippen LogP contribution in [0, 0.1) is 0 Å². The van der Waals surface area contributed by atoms with Gasteiger partial charge in [0.2, 0.25) is 10.0 Å². The minimum absolute atomic E-state index is 0.0176. The molecule has 2 N–H and O–H groups in total. The standard InChI is InChI=1S/C20H24N2O5S/c1-26-18-9-6-14(12-19(18)27-2)10-11-21-20(23)15-4-3-5-17(13-15)28(24,25)22-16-7-8-16/h3-6,9,12-13,16,22H,7-8,10-11H2,1-2H3,(H,21,23). The Labute approximate surface area is 165 Å². The third kappa shape index (κ3) is 5.02. The molecule has 1 aliphatic carbocycles. The number of rotatable bonds is 9. The largest absolute Gasteiger partial charge is 0.493 e. The SMILES string of the molecule is COc1ccc(CCNC(=O)c2cccc(S(=O)(=O)NC3CC3)c2)cc1OC. The Kier molecular flexibility index (Phi) is 6.21. The fraction of sp³-hybridized carbons (Fsp3) is 0.350. The average Bonchev–Trinajstić information content (AvgIpc) is 3.51. The van der Waals surface area contributed by atoms with Gasteiger partial charge in [-0.2, -0.15) is 0 Å². The Bertz CT molecular complexity index is 955. The van der Waals surface area contributed by atoms with Gasteiger partial charge >= 0.3 is 0 Å². The van der Waals surface area contributed by atoms with Crippen molar-refractivity contribution >= 4 is 15.9 Å². The molecule has 1 fully saturated rings. The van der Waals surface area contributed by atoms with Gasteiger partial charge in [0.25, 0.3) is 5.91 Å². The monoisotopic (exact) mass is 404 g/mol. The Balaban J connectivity index is 1.60. The number of hydrogen-bond acceptors (Lipinski definition) is 5. The Morgan fingerprint density at radius 1 is 1.07 bits per heavy atom. The zero-order valence-electron chi connectivity index (χ0n) is 15.9. The molecule has 2 aromatic carbocycles. The summed E-state index contributed by atoms with van der Waals surface area (Å²) in [5, 5.41) is 2.82. The van der Waals surface area contributed by atoms with Crippen LogP contribution in [0.15, 0.2) is 47.4 Å². The minimum Gasteiger partial charge on any atom is -0.493 e. The lowest BCUT2D eigenvalue weighted by Gasteiger charge is -2.11. The first kappa shape index (κ1) is 20.2. The van der Waals surface area contributed by atoms with Crippen molar-refractivity contribution in [1.29, 1.82) is 0 Å². The first-order valence-corrected chi connectivity index (χ1v) is 10.5. The first-order valence-electron chi connectivity index (χ1n) is 9.04. The van der Waals surface area contributed by atoms with Gasteiger partial charge in [-0.25, -0.2) is 13.1 Å². The van der Waals surface area contributed by atoms with Crippen LogP contribution >= 0.6 is 0 Å². The van der Waals surface area contributed by atoms with Crippen molar-refractivity contribution in [2.75, 3.05) is 20.8 Å². The third-order valence-electron chi connectivity index (χ3n) is 4.45. The molecule has 0 atom stereocenters. The summed E-state index contributed by atoms with van der Waals surface area (Å²) in [5.41, 5.74) is 1.30. The van der Waals surface area contributed by atoms with Gasteiger partial charge in [-0.3, -0.25) is 4.79 Å². The molecule has 28 heavy (non-hydrogen) atoms. The van der Waals surface area contributed by atoms with E-state index in [9.17, 15) is 13.2 Å².